The summed E-state index contributed by atoms with van der Waals surface area (Å²) in [4.78, 5) is 8.89. The predicted molar refractivity (Wildman–Crippen MR) is 87.7 cm³/mol. The molecule has 0 unspecified atom stereocenters. The standard InChI is InChI=1S/C14H7Cl2IN2/c15-9-3-1-8(2-4-9)14-18-12-6-5-10(17)7-11(12)13(16)19-14/h1-7H. The molecule has 0 aliphatic heterocycles. The van der Waals surface area contributed by atoms with Crippen molar-refractivity contribution < 1.29 is 0 Å². The monoisotopic (exact) mass is 400 g/mol. The minimum atomic E-state index is 0.466. The Morgan fingerprint density at radius 3 is 2.37 bits per heavy atom. The summed E-state index contributed by atoms with van der Waals surface area (Å²) in [5, 5.41) is 2.02. The van der Waals surface area contributed by atoms with Crippen LogP contribution in [0, 0.1) is 3.57 Å². The van der Waals surface area contributed by atoms with Gasteiger partial charge in [0, 0.05) is 19.5 Å². The lowest BCUT2D eigenvalue weighted by Crippen LogP contribution is -1.92. The highest BCUT2D eigenvalue weighted by molar-refractivity contribution is 14.1. The Kier molecular flexibility index (Phi) is 3.60. The van der Waals surface area contributed by atoms with Crippen molar-refractivity contribution in [3.63, 3.8) is 0 Å². The molecule has 0 aliphatic carbocycles. The molecule has 0 saturated carbocycles. The van der Waals surface area contributed by atoms with E-state index < -0.39 is 0 Å². The zero-order chi connectivity index (χ0) is 13.4. The van der Waals surface area contributed by atoms with Crippen molar-refractivity contribution in [2.24, 2.45) is 0 Å². The van der Waals surface area contributed by atoms with E-state index in [0.29, 0.717) is 16.0 Å². The number of hydrogen-bond acceptors (Lipinski definition) is 2. The molecule has 0 radical (unpaired) electrons. The van der Waals surface area contributed by atoms with Crippen LogP contribution >= 0.6 is 45.8 Å². The molecular formula is C14H7Cl2IN2. The molecule has 0 amide bonds. The number of aromatic nitrogens is 2. The largest absolute Gasteiger partial charge is 0.228 e. The summed E-state index contributed by atoms with van der Waals surface area (Å²) in [6.45, 7) is 0. The van der Waals surface area contributed by atoms with E-state index in [4.69, 9.17) is 23.2 Å². The summed E-state index contributed by atoms with van der Waals surface area (Å²) in [5.41, 5.74) is 1.73. The van der Waals surface area contributed by atoms with Gasteiger partial charge in [0.2, 0.25) is 0 Å². The van der Waals surface area contributed by atoms with Gasteiger partial charge in [0.05, 0.1) is 5.52 Å². The summed E-state index contributed by atoms with van der Waals surface area (Å²) in [5.74, 6) is 0.607. The molecule has 1 aromatic heterocycles. The maximum absolute atomic E-state index is 6.23. The predicted octanol–water partition coefficient (Wildman–Crippen LogP) is 5.21. The summed E-state index contributed by atoms with van der Waals surface area (Å²) in [6.07, 6.45) is 0. The first kappa shape index (κ1) is 13.1. The van der Waals surface area contributed by atoms with Crippen LogP contribution in [0.3, 0.4) is 0 Å². The van der Waals surface area contributed by atoms with Crippen LogP contribution in [0.25, 0.3) is 22.3 Å². The normalized spacial score (nSPS) is 10.9. The van der Waals surface area contributed by atoms with Gasteiger partial charge < -0.3 is 0 Å². The van der Waals surface area contributed by atoms with E-state index in [1.165, 1.54) is 0 Å². The lowest BCUT2D eigenvalue weighted by atomic mass is 10.2. The van der Waals surface area contributed by atoms with Gasteiger partial charge in [-0.25, -0.2) is 9.97 Å². The zero-order valence-corrected chi connectivity index (χ0v) is 13.2. The lowest BCUT2D eigenvalue weighted by molar-refractivity contribution is 1.23. The number of halogens is 3. The molecule has 3 rings (SSSR count). The number of nitrogens with zero attached hydrogens (tertiary/aromatic N) is 2. The summed E-state index contributed by atoms with van der Waals surface area (Å²) in [6, 6.07) is 13.3. The molecule has 2 aromatic carbocycles. The summed E-state index contributed by atoms with van der Waals surface area (Å²) >= 11 is 14.3. The molecule has 1 heterocycles. The molecule has 0 spiro atoms. The van der Waals surface area contributed by atoms with Crippen LogP contribution in [0.2, 0.25) is 10.2 Å². The molecule has 94 valence electrons. The van der Waals surface area contributed by atoms with Gasteiger partial charge in [-0.1, -0.05) is 23.2 Å². The van der Waals surface area contributed by atoms with Crippen molar-refractivity contribution in [3.05, 3.63) is 56.2 Å². The molecule has 2 nitrogen and oxygen atoms in total. The average molecular weight is 401 g/mol. The molecule has 5 heteroatoms. The topological polar surface area (TPSA) is 25.8 Å². The maximum Gasteiger partial charge on any atom is 0.161 e. The van der Waals surface area contributed by atoms with Crippen LogP contribution in [0.4, 0.5) is 0 Å². The first-order valence-corrected chi connectivity index (χ1v) is 7.36. The number of rotatable bonds is 1. The molecule has 0 bridgehead atoms. The van der Waals surface area contributed by atoms with Crippen molar-refractivity contribution in [3.8, 4) is 11.4 Å². The van der Waals surface area contributed by atoms with E-state index in [0.717, 1.165) is 20.0 Å². The molecule has 0 fully saturated rings. The van der Waals surface area contributed by atoms with Crippen molar-refractivity contribution in [1.82, 2.24) is 9.97 Å². The zero-order valence-electron chi connectivity index (χ0n) is 9.57. The van der Waals surface area contributed by atoms with Crippen LogP contribution in [-0.4, -0.2) is 9.97 Å². The first-order chi connectivity index (χ1) is 9.13. The fourth-order valence-corrected chi connectivity index (χ4v) is 2.64. The Hall–Kier alpha value is -0.910. The second-order valence-electron chi connectivity index (χ2n) is 4.01. The smallest absolute Gasteiger partial charge is 0.161 e. The highest BCUT2D eigenvalue weighted by atomic mass is 127. The van der Waals surface area contributed by atoms with Crippen molar-refractivity contribution in [1.29, 1.82) is 0 Å². The molecule has 0 saturated heterocycles. The number of fused-ring (bicyclic) bond motifs is 1. The third-order valence-corrected chi connectivity index (χ3v) is 3.92. The van der Waals surface area contributed by atoms with Gasteiger partial charge in [-0.3, -0.25) is 0 Å². The first-order valence-electron chi connectivity index (χ1n) is 5.52. The SMILES string of the molecule is Clc1ccc(-c2nc(Cl)c3cc(I)ccc3n2)cc1. The van der Waals surface area contributed by atoms with Gasteiger partial charge in [-0.05, 0) is 65.1 Å². The van der Waals surface area contributed by atoms with E-state index in [1.54, 1.807) is 0 Å². The van der Waals surface area contributed by atoms with E-state index in [9.17, 15) is 0 Å². The van der Waals surface area contributed by atoms with E-state index in [-0.39, 0.29) is 0 Å². The van der Waals surface area contributed by atoms with E-state index in [1.807, 2.05) is 42.5 Å². The van der Waals surface area contributed by atoms with Crippen LogP contribution in [-0.2, 0) is 0 Å². The van der Waals surface area contributed by atoms with Crippen molar-refractivity contribution in [2.45, 2.75) is 0 Å². The minimum Gasteiger partial charge on any atom is -0.228 e. The number of hydrogen-bond donors (Lipinski definition) is 0. The van der Waals surface area contributed by atoms with Crippen LogP contribution in [0.1, 0.15) is 0 Å². The Balaban J connectivity index is 2.20. The van der Waals surface area contributed by atoms with Gasteiger partial charge >= 0.3 is 0 Å². The molecule has 3 aromatic rings. The maximum atomic E-state index is 6.23. The average Bonchev–Trinajstić information content (AvgIpc) is 2.40. The Morgan fingerprint density at radius 1 is 0.895 bits per heavy atom. The van der Waals surface area contributed by atoms with Crippen LogP contribution < -0.4 is 0 Å². The fraction of sp³-hybridized carbons (Fsp3) is 0. The third-order valence-electron chi connectivity index (χ3n) is 2.71. The van der Waals surface area contributed by atoms with Gasteiger partial charge in [0.25, 0.3) is 0 Å². The third kappa shape index (κ3) is 2.68. The molecule has 19 heavy (non-hydrogen) atoms. The van der Waals surface area contributed by atoms with Crippen LogP contribution in [0.15, 0.2) is 42.5 Å². The summed E-state index contributed by atoms with van der Waals surface area (Å²) in [7, 11) is 0. The Bertz CT molecular complexity index is 757. The minimum absolute atomic E-state index is 0.466. The highest BCUT2D eigenvalue weighted by Crippen LogP contribution is 2.26. The molecular weight excluding hydrogens is 394 g/mol. The second-order valence-corrected chi connectivity index (χ2v) is 6.05. The lowest BCUT2D eigenvalue weighted by Gasteiger charge is -2.05. The van der Waals surface area contributed by atoms with Crippen molar-refractivity contribution in [2.75, 3.05) is 0 Å². The van der Waals surface area contributed by atoms with Gasteiger partial charge in [-0.15, -0.1) is 0 Å². The fourth-order valence-electron chi connectivity index (χ4n) is 1.79. The molecule has 0 aliphatic rings. The van der Waals surface area contributed by atoms with Crippen molar-refractivity contribution >= 4 is 56.7 Å². The van der Waals surface area contributed by atoms with Gasteiger partial charge in [0.15, 0.2) is 5.82 Å². The second kappa shape index (κ2) is 5.23. The Labute approximate surface area is 133 Å². The molecule has 0 N–H and O–H groups in total. The quantitative estimate of drug-likeness (QED) is 0.414. The van der Waals surface area contributed by atoms with E-state index >= 15 is 0 Å². The van der Waals surface area contributed by atoms with Crippen LogP contribution in [0.5, 0.6) is 0 Å². The highest BCUT2D eigenvalue weighted by Gasteiger charge is 2.08. The Morgan fingerprint density at radius 2 is 1.63 bits per heavy atom. The van der Waals surface area contributed by atoms with E-state index in [2.05, 4.69) is 32.6 Å². The van der Waals surface area contributed by atoms with Gasteiger partial charge in [0.1, 0.15) is 5.15 Å². The van der Waals surface area contributed by atoms with Gasteiger partial charge in [-0.2, -0.15) is 0 Å². The number of benzene rings is 2. The summed E-state index contributed by atoms with van der Waals surface area (Å²) < 4.78 is 1.11. The molecule has 0 atom stereocenters.